The van der Waals surface area contributed by atoms with E-state index in [2.05, 4.69) is 10.2 Å². The Hall–Kier alpha value is -3.68. The highest BCUT2D eigenvalue weighted by molar-refractivity contribution is 5.80. The molecule has 2 heterocycles. The zero-order valence-electron chi connectivity index (χ0n) is 16.3. The Morgan fingerprint density at radius 3 is 2.50 bits per heavy atom. The highest BCUT2D eigenvalue weighted by Gasteiger charge is 2.29. The number of hydrogen-bond donors (Lipinski definition) is 0. The van der Waals surface area contributed by atoms with Crippen LogP contribution in [0.15, 0.2) is 65.4 Å². The van der Waals surface area contributed by atoms with Crippen molar-refractivity contribution in [1.82, 2.24) is 15.1 Å². The molecule has 8 nitrogen and oxygen atoms in total. The second-order valence-electron chi connectivity index (χ2n) is 6.92. The Morgan fingerprint density at radius 1 is 1.03 bits per heavy atom. The number of carbonyl (C=O) groups is 2. The molecule has 0 unspecified atom stereocenters. The largest absolute Gasteiger partial charge is 0.484 e. The summed E-state index contributed by atoms with van der Waals surface area (Å²) in [6, 6.07) is 16.2. The lowest BCUT2D eigenvalue weighted by Gasteiger charge is -2.30. The van der Waals surface area contributed by atoms with Crippen molar-refractivity contribution in [2.75, 3.05) is 19.7 Å². The van der Waals surface area contributed by atoms with Gasteiger partial charge in [0.2, 0.25) is 6.39 Å². The molecular weight excluding hydrogens is 386 g/mol. The number of likely N-dealkylation sites (tertiary alicyclic amines) is 1. The monoisotopic (exact) mass is 407 g/mol. The zero-order chi connectivity index (χ0) is 20.8. The van der Waals surface area contributed by atoms with Crippen LogP contribution in [-0.2, 0) is 9.59 Å². The summed E-state index contributed by atoms with van der Waals surface area (Å²) in [6.07, 6.45) is 2.31. The lowest BCUT2D eigenvalue weighted by molar-refractivity contribution is -0.144. The van der Waals surface area contributed by atoms with Gasteiger partial charge in [0.05, 0.1) is 11.5 Å². The van der Waals surface area contributed by atoms with Crippen molar-refractivity contribution >= 4 is 11.9 Å². The van der Waals surface area contributed by atoms with Crippen molar-refractivity contribution in [3.05, 3.63) is 61.0 Å². The second-order valence-corrected chi connectivity index (χ2v) is 6.92. The first kappa shape index (κ1) is 19.6. The molecule has 154 valence electrons. The van der Waals surface area contributed by atoms with Gasteiger partial charge in [-0.2, -0.15) is 0 Å². The zero-order valence-corrected chi connectivity index (χ0v) is 16.3. The summed E-state index contributed by atoms with van der Waals surface area (Å²) >= 11 is 0. The fourth-order valence-corrected chi connectivity index (χ4v) is 3.33. The summed E-state index contributed by atoms with van der Waals surface area (Å²) in [6.45, 7) is 0.959. The predicted molar refractivity (Wildman–Crippen MR) is 107 cm³/mol. The number of piperidine rings is 1. The number of para-hydroxylation sites is 2. The van der Waals surface area contributed by atoms with Crippen LogP contribution >= 0.6 is 0 Å². The smallest absolute Gasteiger partial charge is 0.314 e. The van der Waals surface area contributed by atoms with Gasteiger partial charge in [0.25, 0.3) is 11.8 Å². The fourth-order valence-electron chi connectivity index (χ4n) is 3.33. The SMILES string of the molecule is O=C(Oc1ccccc1-c1nnco1)C1CCN(C(=O)COc2ccccc2)CC1. The Balaban J connectivity index is 1.29. The van der Waals surface area contributed by atoms with Crippen LogP contribution in [0.2, 0.25) is 0 Å². The molecular formula is C22H21N3O5. The molecule has 4 rings (SSSR count). The van der Waals surface area contributed by atoms with E-state index in [4.69, 9.17) is 13.9 Å². The third-order valence-corrected chi connectivity index (χ3v) is 4.97. The van der Waals surface area contributed by atoms with Crippen molar-refractivity contribution in [2.24, 2.45) is 5.92 Å². The minimum atomic E-state index is -0.324. The van der Waals surface area contributed by atoms with Gasteiger partial charge in [-0.15, -0.1) is 10.2 Å². The maximum atomic E-state index is 12.7. The van der Waals surface area contributed by atoms with Crippen LogP contribution in [0.25, 0.3) is 11.5 Å². The molecule has 0 N–H and O–H groups in total. The summed E-state index contributed by atoms with van der Waals surface area (Å²) in [5.41, 5.74) is 0.564. The van der Waals surface area contributed by atoms with Gasteiger partial charge >= 0.3 is 5.97 Å². The molecule has 0 atom stereocenters. The number of rotatable bonds is 6. The number of ether oxygens (including phenoxy) is 2. The van der Waals surface area contributed by atoms with E-state index in [-0.39, 0.29) is 30.3 Å². The average molecular weight is 407 g/mol. The topological polar surface area (TPSA) is 94.8 Å². The number of benzene rings is 2. The highest BCUT2D eigenvalue weighted by atomic mass is 16.5. The minimum Gasteiger partial charge on any atom is -0.484 e. The van der Waals surface area contributed by atoms with Gasteiger partial charge < -0.3 is 18.8 Å². The van der Waals surface area contributed by atoms with E-state index in [1.165, 1.54) is 6.39 Å². The first-order chi connectivity index (χ1) is 14.7. The number of nitrogens with zero attached hydrogens (tertiary/aromatic N) is 3. The van der Waals surface area contributed by atoms with Crippen LogP contribution in [0, 0.1) is 5.92 Å². The number of amides is 1. The molecule has 8 heteroatoms. The van der Waals surface area contributed by atoms with Gasteiger partial charge in [-0.25, -0.2) is 0 Å². The Labute approximate surface area is 173 Å². The minimum absolute atomic E-state index is 0.0172. The van der Waals surface area contributed by atoms with Crippen LogP contribution in [0.4, 0.5) is 0 Å². The van der Waals surface area contributed by atoms with Crippen LogP contribution in [0.5, 0.6) is 11.5 Å². The van der Waals surface area contributed by atoms with Gasteiger partial charge in [0, 0.05) is 13.1 Å². The summed E-state index contributed by atoms with van der Waals surface area (Å²) in [4.78, 5) is 26.8. The third-order valence-electron chi connectivity index (χ3n) is 4.97. The molecule has 1 aliphatic heterocycles. The first-order valence-corrected chi connectivity index (χ1v) is 9.73. The van der Waals surface area contributed by atoms with Crippen molar-refractivity contribution < 1.29 is 23.5 Å². The van der Waals surface area contributed by atoms with E-state index in [9.17, 15) is 9.59 Å². The van der Waals surface area contributed by atoms with Gasteiger partial charge in [-0.3, -0.25) is 9.59 Å². The highest BCUT2D eigenvalue weighted by Crippen LogP contribution is 2.29. The van der Waals surface area contributed by atoms with Crippen molar-refractivity contribution in [1.29, 1.82) is 0 Å². The lowest BCUT2D eigenvalue weighted by atomic mass is 9.97. The number of hydrogen-bond acceptors (Lipinski definition) is 7. The van der Waals surface area contributed by atoms with Gasteiger partial charge in [0.1, 0.15) is 11.5 Å². The summed E-state index contributed by atoms with van der Waals surface area (Å²) in [7, 11) is 0. The number of carbonyl (C=O) groups excluding carboxylic acids is 2. The van der Waals surface area contributed by atoms with E-state index in [1.807, 2.05) is 30.3 Å². The number of esters is 1. The Morgan fingerprint density at radius 2 is 1.77 bits per heavy atom. The molecule has 1 aromatic heterocycles. The molecule has 0 radical (unpaired) electrons. The van der Waals surface area contributed by atoms with Crippen LogP contribution in [0.3, 0.4) is 0 Å². The van der Waals surface area contributed by atoms with E-state index >= 15 is 0 Å². The van der Waals surface area contributed by atoms with E-state index in [0.29, 0.717) is 43.0 Å². The molecule has 1 aliphatic rings. The Kier molecular flexibility index (Phi) is 6.03. The van der Waals surface area contributed by atoms with Gasteiger partial charge in [-0.1, -0.05) is 30.3 Å². The van der Waals surface area contributed by atoms with E-state index in [1.54, 1.807) is 29.2 Å². The lowest BCUT2D eigenvalue weighted by Crippen LogP contribution is -2.43. The van der Waals surface area contributed by atoms with Gasteiger partial charge in [-0.05, 0) is 37.1 Å². The maximum absolute atomic E-state index is 12.7. The molecule has 2 aromatic carbocycles. The standard InChI is InChI=1S/C22H21N3O5/c26-20(14-28-17-6-2-1-3-7-17)25-12-10-16(11-13-25)22(27)30-19-9-5-4-8-18(19)21-24-23-15-29-21/h1-9,15-16H,10-14H2. The maximum Gasteiger partial charge on any atom is 0.314 e. The molecule has 0 spiro atoms. The summed E-state index contributed by atoms with van der Waals surface area (Å²) in [5, 5.41) is 7.53. The molecule has 1 fully saturated rings. The summed E-state index contributed by atoms with van der Waals surface area (Å²) in [5.74, 6) is 0.629. The van der Waals surface area contributed by atoms with Crippen LogP contribution in [0.1, 0.15) is 12.8 Å². The quantitative estimate of drug-likeness (QED) is 0.458. The van der Waals surface area contributed by atoms with Crippen LogP contribution in [-0.4, -0.2) is 46.7 Å². The van der Waals surface area contributed by atoms with Gasteiger partial charge in [0.15, 0.2) is 6.61 Å². The molecule has 3 aromatic rings. The molecule has 0 saturated carbocycles. The molecule has 1 saturated heterocycles. The molecule has 0 aliphatic carbocycles. The van der Waals surface area contributed by atoms with Crippen molar-refractivity contribution in [3.8, 4) is 23.0 Å². The Bertz CT molecular complexity index is 983. The predicted octanol–water partition coefficient (Wildman–Crippen LogP) is 2.96. The third kappa shape index (κ3) is 4.65. The summed E-state index contributed by atoms with van der Waals surface area (Å²) < 4.78 is 16.3. The molecule has 0 bridgehead atoms. The van der Waals surface area contributed by atoms with Crippen molar-refractivity contribution in [3.63, 3.8) is 0 Å². The van der Waals surface area contributed by atoms with Crippen LogP contribution < -0.4 is 9.47 Å². The molecule has 30 heavy (non-hydrogen) atoms. The van der Waals surface area contributed by atoms with E-state index in [0.717, 1.165) is 0 Å². The second kappa shape index (κ2) is 9.21. The molecule has 1 amide bonds. The normalized spacial score (nSPS) is 14.3. The average Bonchev–Trinajstić information content (AvgIpc) is 3.33. The van der Waals surface area contributed by atoms with E-state index < -0.39 is 0 Å². The van der Waals surface area contributed by atoms with Crippen molar-refractivity contribution in [2.45, 2.75) is 12.8 Å². The number of aromatic nitrogens is 2. The fraction of sp³-hybridized carbons (Fsp3) is 0.273. The first-order valence-electron chi connectivity index (χ1n) is 9.73.